The van der Waals surface area contributed by atoms with Gasteiger partial charge in [-0.1, -0.05) is 6.92 Å². The van der Waals surface area contributed by atoms with Crippen molar-refractivity contribution in [1.29, 1.82) is 5.41 Å². The number of nitrogens with one attached hydrogen (secondary N) is 1. The molecule has 0 saturated carbocycles. The third-order valence-corrected chi connectivity index (χ3v) is 3.22. The lowest BCUT2D eigenvalue weighted by molar-refractivity contribution is -0.246. The van der Waals surface area contributed by atoms with Crippen LogP contribution in [0, 0.1) is 23.0 Å². The van der Waals surface area contributed by atoms with Crippen LogP contribution in [-0.4, -0.2) is 18.0 Å². The Morgan fingerprint density at radius 2 is 1.90 bits per heavy atom. The van der Waals surface area contributed by atoms with Crippen molar-refractivity contribution in [3.8, 4) is 0 Å². The summed E-state index contributed by atoms with van der Waals surface area (Å²) in [6.45, 7) is 1.31. The number of benzene rings is 1. The minimum Gasteiger partial charge on any atom is -0.354 e. The van der Waals surface area contributed by atoms with E-state index in [9.17, 15) is 22.0 Å². The molecule has 2 rings (SSSR count). The van der Waals surface area contributed by atoms with E-state index in [1.54, 1.807) is 0 Å². The van der Waals surface area contributed by atoms with Crippen LogP contribution in [0.1, 0.15) is 25.0 Å². The highest BCUT2D eigenvalue weighted by molar-refractivity contribution is 5.88. The maximum Gasteiger partial charge on any atom is 0.414 e. The average Bonchev–Trinajstić information content (AvgIpc) is 2.31. The predicted molar refractivity (Wildman–Crippen MR) is 61.5 cm³/mol. The topological polar surface area (TPSA) is 33.1 Å². The first-order valence-electron chi connectivity index (χ1n) is 5.94. The third kappa shape index (κ3) is 2.82. The fourth-order valence-corrected chi connectivity index (χ4v) is 2.30. The van der Waals surface area contributed by atoms with Gasteiger partial charge < -0.3 is 10.1 Å². The number of halogens is 5. The lowest BCUT2D eigenvalue weighted by atomic mass is 9.88. The van der Waals surface area contributed by atoms with Gasteiger partial charge >= 0.3 is 6.18 Å². The van der Waals surface area contributed by atoms with Gasteiger partial charge in [0.1, 0.15) is 17.7 Å². The molecule has 0 radical (unpaired) electrons. The molecular formula is C13H12F5NO. The second kappa shape index (κ2) is 5.12. The van der Waals surface area contributed by atoms with Crippen LogP contribution in [0.2, 0.25) is 0 Å². The molecule has 1 N–H and O–H groups in total. The smallest absolute Gasteiger partial charge is 0.354 e. The fraction of sp³-hybridized carbons (Fsp3) is 0.462. The van der Waals surface area contributed by atoms with Crippen LogP contribution in [0.4, 0.5) is 22.0 Å². The number of hydrogen-bond donors (Lipinski definition) is 1. The molecule has 1 aliphatic heterocycles. The molecule has 1 unspecified atom stereocenters. The van der Waals surface area contributed by atoms with Crippen LogP contribution < -0.4 is 0 Å². The van der Waals surface area contributed by atoms with E-state index in [2.05, 4.69) is 0 Å². The molecule has 0 amide bonds. The van der Waals surface area contributed by atoms with Crippen molar-refractivity contribution in [3.63, 3.8) is 0 Å². The average molecular weight is 293 g/mol. The van der Waals surface area contributed by atoms with E-state index in [0.29, 0.717) is 0 Å². The Labute approximate surface area is 112 Å². The van der Waals surface area contributed by atoms with Crippen molar-refractivity contribution in [3.05, 3.63) is 35.4 Å². The molecule has 0 aromatic heterocycles. The summed E-state index contributed by atoms with van der Waals surface area (Å²) in [4.78, 5) is 0. The summed E-state index contributed by atoms with van der Waals surface area (Å²) in [6, 6.07) is 2.43. The number of hydrogen-bond acceptors (Lipinski definition) is 2. The summed E-state index contributed by atoms with van der Waals surface area (Å²) in [5, 5.41) is 7.69. The Bertz CT molecular complexity index is 528. The summed E-state index contributed by atoms with van der Waals surface area (Å²) in [7, 11) is 0. The molecule has 1 heterocycles. The molecule has 3 atom stereocenters. The lowest BCUT2D eigenvalue weighted by Gasteiger charge is -2.36. The van der Waals surface area contributed by atoms with Crippen LogP contribution >= 0.6 is 0 Å². The molecule has 1 aliphatic rings. The highest BCUT2D eigenvalue weighted by Gasteiger charge is 2.49. The maximum atomic E-state index is 13.6. The van der Waals surface area contributed by atoms with E-state index in [-0.39, 0.29) is 17.7 Å². The third-order valence-electron chi connectivity index (χ3n) is 3.22. The maximum absolute atomic E-state index is 13.6. The van der Waals surface area contributed by atoms with Gasteiger partial charge in [-0.25, -0.2) is 8.78 Å². The summed E-state index contributed by atoms with van der Waals surface area (Å²) >= 11 is 0. The van der Waals surface area contributed by atoms with E-state index in [1.807, 2.05) is 0 Å². The number of ether oxygens (including phenoxy) is 1. The molecule has 1 aromatic carbocycles. The molecule has 0 bridgehead atoms. The van der Waals surface area contributed by atoms with Crippen LogP contribution in [0.15, 0.2) is 18.2 Å². The van der Waals surface area contributed by atoms with E-state index in [4.69, 9.17) is 10.1 Å². The van der Waals surface area contributed by atoms with Gasteiger partial charge in [0.25, 0.3) is 0 Å². The van der Waals surface area contributed by atoms with Gasteiger partial charge in [-0.2, -0.15) is 13.2 Å². The molecular weight excluding hydrogens is 281 g/mol. The van der Waals surface area contributed by atoms with Gasteiger partial charge in [-0.3, -0.25) is 0 Å². The van der Waals surface area contributed by atoms with Crippen LogP contribution in [0.25, 0.3) is 0 Å². The molecule has 1 saturated heterocycles. The van der Waals surface area contributed by atoms with Gasteiger partial charge in [-0.15, -0.1) is 0 Å². The van der Waals surface area contributed by atoms with Crippen molar-refractivity contribution >= 4 is 5.71 Å². The zero-order valence-electron chi connectivity index (χ0n) is 10.5. The predicted octanol–water partition coefficient (Wildman–Crippen LogP) is 4.01. The molecule has 7 heteroatoms. The number of rotatable bonds is 1. The van der Waals surface area contributed by atoms with Crippen molar-refractivity contribution in [2.24, 2.45) is 5.92 Å². The lowest BCUT2D eigenvalue weighted by Crippen LogP contribution is -2.44. The second-order valence-corrected chi connectivity index (χ2v) is 4.85. The Balaban J connectivity index is 2.36. The normalized spacial score (nSPS) is 27.7. The van der Waals surface area contributed by atoms with Crippen LogP contribution in [-0.2, 0) is 4.74 Å². The van der Waals surface area contributed by atoms with Crippen molar-refractivity contribution in [1.82, 2.24) is 0 Å². The van der Waals surface area contributed by atoms with E-state index in [1.165, 1.54) is 6.92 Å². The zero-order chi connectivity index (χ0) is 15.1. The first-order valence-corrected chi connectivity index (χ1v) is 5.94. The molecule has 1 fully saturated rings. The summed E-state index contributed by atoms with van der Waals surface area (Å²) < 4.78 is 70.1. The molecule has 2 nitrogen and oxygen atoms in total. The standard InChI is InChI=1S/C13H12F5NO/c1-6-4-10(19)11(20-12(6)13(16,17)18)8-5-7(14)2-3-9(8)15/h2-3,5-6,11-12,19H,4H2,1H3/t6?,11-,12-/m1/s1. The van der Waals surface area contributed by atoms with Gasteiger partial charge in [-0.05, 0) is 30.5 Å². The first-order chi connectivity index (χ1) is 9.20. The summed E-state index contributed by atoms with van der Waals surface area (Å²) in [5.41, 5.74) is -0.571. The van der Waals surface area contributed by atoms with E-state index < -0.39 is 35.9 Å². The SMILES string of the molecule is CC1CC(=N)[C@@H](c2cc(F)ccc2F)O[C@H]1C(F)(F)F. The van der Waals surface area contributed by atoms with Gasteiger partial charge in [0, 0.05) is 11.3 Å². The number of alkyl halides is 3. The Morgan fingerprint density at radius 1 is 1.25 bits per heavy atom. The summed E-state index contributed by atoms with van der Waals surface area (Å²) in [6.07, 6.45) is -8.38. The molecule has 110 valence electrons. The van der Waals surface area contributed by atoms with E-state index >= 15 is 0 Å². The summed E-state index contributed by atoms with van der Waals surface area (Å²) in [5.74, 6) is -2.62. The van der Waals surface area contributed by atoms with Gasteiger partial charge in [0.15, 0.2) is 6.10 Å². The second-order valence-electron chi connectivity index (χ2n) is 4.85. The molecule has 20 heavy (non-hydrogen) atoms. The monoisotopic (exact) mass is 293 g/mol. The minimum absolute atomic E-state index is 0.176. The minimum atomic E-state index is -4.61. The Morgan fingerprint density at radius 3 is 2.50 bits per heavy atom. The van der Waals surface area contributed by atoms with Crippen molar-refractivity contribution < 1.29 is 26.7 Å². The quantitative estimate of drug-likeness (QED) is 0.780. The zero-order valence-corrected chi connectivity index (χ0v) is 10.5. The van der Waals surface area contributed by atoms with Crippen molar-refractivity contribution in [2.75, 3.05) is 0 Å². The highest BCUT2D eigenvalue weighted by Crippen LogP contribution is 2.40. The van der Waals surface area contributed by atoms with Crippen molar-refractivity contribution in [2.45, 2.75) is 31.7 Å². The van der Waals surface area contributed by atoms with Crippen LogP contribution in [0.3, 0.4) is 0 Å². The van der Waals surface area contributed by atoms with Gasteiger partial charge in [0.2, 0.25) is 0 Å². The highest BCUT2D eigenvalue weighted by atomic mass is 19.4. The molecule has 1 aromatic rings. The fourth-order valence-electron chi connectivity index (χ4n) is 2.30. The van der Waals surface area contributed by atoms with Gasteiger partial charge in [0.05, 0.1) is 0 Å². The Hall–Kier alpha value is -1.50. The first kappa shape index (κ1) is 14.9. The van der Waals surface area contributed by atoms with E-state index in [0.717, 1.165) is 18.2 Å². The molecule has 0 aliphatic carbocycles. The Kier molecular flexibility index (Phi) is 3.82. The van der Waals surface area contributed by atoms with Crippen LogP contribution in [0.5, 0.6) is 0 Å². The largest absolute Gasteiger partial charge is 0.414 e. The molecule has 0 spiro atoms.